The fourth-order valence-electron chi connectivity index (χ4n) is 3.94. The van der Waals surface area contributed by atoms with Gasteiger partial charge in [-0.1, -0.05) is 42.5 Å². The van der Waals surface area contributed by atoms with E-state index >= 15 is 0 Å². The zero-order valence-electron chi connectivity index (χ0n) is 15.9. The fraction of sp³-hybridized carbons (Fsp3) is 0.364. The number of nitrogens with zero attached hydrogens (tertiary/aromatic N) is 3. The van der Waals surface area contributed by atoms with Gasteiger partial charge in [0.05, 0.1) is 23.0 Å². The van der Waals surface area contributed by atoms with Crippen LogP contribution in [0.25, 0.3) is 11.0 Å². The molecule has 1 fully saturated rings. The number of imidazole rings is 1. The number of carbonyl (C=O) groups excluding carboxylic acids is 1. The van der Waals surface area contributed by atoms with Crippen molar-refractivity contribution in [2.24, 2.45) is 13.0 Å². The number of amides is 1. The van der Waals surface area contributed by atoms with Crippen molar-refractivity contribution in [3.8, 4) is 0 Å². The van der Waals surface area contributed by atoms with E-state index < -0.39 is 0 Å². The highest BCUT2D eigenvalue weighted by atomic mass is 16.2. The van der Waals surface area contributed by atoms with Crippen LogP contribution in [-0.2, 0) is 11.8 Å². The number of carbonyl (C=O) groups is 1. The maximum Gasteiger partial charge on any atom is 0.225 e. The van der Waals surface area contributed by atoms with Gasteiger partial charge in [0.1, 0.15) is 0 Å². The first-order valence-electron chi connectivity index (χ1n) is 9.65. The predicted molar refractivity (Wildman–Crippen MR) is 109 cm³/mol. The Morgan fingerprint density at radius 3 is 2.67 bits per heavy atom. The van der Waals surface area contributed by atoms with Gasteiger partial charge < -0.3 is 14.8 Å². The van der Waals surface area contributed by atoms with Crippen molar-refractivity contribution < 1.29 is 4.79 Å². The quantitative estimate of drug-likeness (QED) is 0.770. The molecule has 1 aliphatic rings. The van der Waals surface area contributed by atoms with Gasteiger partial charge in [-0.15, -0.1) is 0 Å². The molecule has 0 bridgehead atoms. The molecular weight excluding hydrogens is 336 g/mol. The Balaban J connectivity index is 1.47. The Hall–Kier alpha value is -2.82. The molecule has 1 amide bonds. The molecule has 5 nitrogen and oxygen atoms in total. The summed E-state index contributed by atoms with van der Waals surface area (Å²) in [5, 5.41) is 3.19. The largest absolute Gasteiger partial charge is 0.349 e. The number of aryl methyl sites for hydroxylation is 1. The van der Waals surface area contributed by atoms with Crippen LogP contribution in [0.5, 0.6) is 0 Å². The number of aromatic nitrogens is 2. The highest BCUT2D eigenvalue weighted by Crippen LogP contribution is 2.26. The summed E-state index contributed by atoms with van der Waals surface area (Å²) >= 11 is 0. The Kier molecular flexibility index (Phi) is 4.84. The van der Waals surface area contributed by atoms with Gasteiger partial charge in [-0.05, 0) is 37.5 Å². The minimum atomic E-state index is -0.00951. The number of hydrogen-bond donors (Lipinski definition) is 1. The first kappa shape index (κ1) is 17.6. The molecule has 1 saturated heterocycles. The summed E-state index contributed by atoms with van der Waals surface area (Å²) in [6, 6.07) is 18.3. The summed E-state index contributed by atoms with van der Waals surface area (Å²) in [6.45, 7) is 3.69. The van der Waals surface area contributed by atoms with Crippen molar-refractivity contribution in [2.45, 2.75) is 25.8 Å². The van der Waals surface area contributed by atoms with Crippen LogP contribution in [0.1, 0.15) is 31.4 Å². The van der Waals surface area contributed by atoms with Crippen molar-refractivity contribution in [1.82, 2.24) is 14.9 Å². The highest BCUT2D eigenvalue weighted by Gasteiger charge is 2.29. The monoisotopic (exact) mass is 362 g/mol. The summed E-state index contributed by atoms with van der Waals surface area (Å²) in [7, 11) is 2.05. The molecule has 0 unspecified atom stereocenters. The molecule has 1 aromatic heterocycles. The summed E-state index contributed by atoms with van der Waals surface area (Å²) < 4.78 is 2.13. The van der Waals surface area contributed by atoms with Crippen molar-refractivity contribution in [2.75, 3.05) is 18.0 Å². The summed E-state index contributed by atoms with van der Waals surface area (Å²) in [4.78, 5) is 19.9. The minimum absolute atomic E-state index is 0.00951. The van der Waals surface area contributed by atoms with E-state index in [2.05, 4.69) is 33.0 Å². The van der Waals surface area contributed by atoms with E-state index in [0.29, 0.717) is 6.54 Å². The molecule has 2 aromatic carbocycles. The van der Waals surface area contributed by atoms with Crippen LogP contribution in [0.4, 0.5) is 5.95 Å². The Morgan fingerprint density at radius 1 is 1.15 bits per heavy atom. The molecule has 27 heavy (non-hydrogen) atoms. The lowest BCUT2D eigenvalue weighted by molar-refractivity contribution is -0.125. The van der Waals surface area contributed by atoms with Crippen LogP contribution in [-0.4, -0.2) is 28.5 Å². The van der Waals surface area contributed by atoms with Gasteiger partial charge in [0.25, 0.3) is 0 Å². The van der Waals surface area contributed by atoms with Crippen LogP contribution in [0, 0.1) is 5.92 Å². The van der Waals surface area contributed by atoms with E-state index in [1.165, 1.54) is 0 Å². The second-order valence-corrected chi connectivity index (χ2v) is 7.39. The maximum absolute atomic E-state index is 12.9. The van der Waals surface area contributed by atoms with Crippen molar-refractivity contribution in [3.05, 3.63) is 60.2 Å². The van der Waals surface area contributed by atoms with Gasteiger partial charge in [0.2, 0.25) is 11.9 Å². The van der Waals surface area contributed by atoms with E-state index in [4.69, 9.17) is 4.98 Å². The van der Waals surface area contributed by atoms with Crippen molar-refractivity contribution in [1.29, 1.82) is 0 Å². The van der Waals surface area contributed by atoms with Crippen LogP contribution in [0.2, 0.25) is 0 Å². The van der Waals surface area contributed by atoms with Gasteiger partial charge in [0.15, 0.2) is 0 Å². The Morgan fingerprint density at radius 2 is 1.89 bits per heavy atom. The number of rotatable bonds is 4. The molecule has 0 saturated carbocycles. The van der Waals surface area contributed by atoms with E-state index in [1.807, 2.05) is 50.4 Å². The molecule has 2 atom stereocenters. The average molecular weight is 362 g/mol. The van der Waals surface area contributed by atoms with Crippen LogP contribution in [0.3, 0.4) is 0 Å². The molecule has 1 aliphatic heterocycles. The van der Waals surface area contributed by atoms with Gasteiger partial charge in [-0.2, -0.15) is 0 Å². The maximum atomic E-state index is 12.9. The second kappa shape index (κ2) is 7.43. The van der Waals surface area contributed by atoms with Gasteiger partial charge in [-0.3, -0.25) is 4.79 Å². The molecule has 140 valence electrons. The molecule has 0 radical (unpaired) electrons. The Labute approximate surface area is 160 Å². The predicted octanol–water partition coefficient (Wildman–Crippen LogP) is 3.67. The first-order valence-corrected chi connectivity index (χ1v) is 9.65. The van der Waals surface area contributed by atoms with E-state index in [1.54, 1.807) is 0 Å². The average Bonchev–Trinajstić information content (AvgIpc) is 3.05. The van der Waals surface area contributed by atoms with E-state index in [0.717, 1.165) is 41.9 Å². The lowest BCUT2D eigenvalue weighted by Gasteiger charge is -2.33. The third kappa shape index (κ3) is 3.54. The Bertz CT molecular complexity index is 934. The van der Waals surface area contributed by atoms with Crippen LogP contribution in [0.15, 0.2) is 54.6 Å². The van der Waals surface area contributed by atoms with Gasteiger partial charge in [0, 0.05) is 20.1 Å². The van der Waals surface area contributed by atoms with Gasteiger partial charge >= 0.3 is 0 Å². The first-order chi connectivity index (χ1) is 13.1. The number of benzene rings is 2. The second-order valence-electron chi connectivity index (χ2n) is 7.39. The van der Waals surface area contributed by atoms with E-state index in [-0.39, 0.29) is 17.9 Å². The molecular formula is C22H26N4O. The molecule has 0 aliphatic carbocycles. The number of anilines is 1. The van der Waals surface area contributed by atoms with Crippen molar-refractivity contribution >= 4 is 22.9 Å². The molecule has 0 spiro atoms. The summed E-state index contributed by atoms with van der Waals surface area (Å²) in [5.41, 5.74) is 3.25. The number of para-hydroxylation sites is 2. The number of hydrogen-bond acceptors (Lipinski definition) is 3. The molecule has 3 aromatic rings. The fourth-order valence-corrected chi connectivity index (χ4v) is 3.94. The van der Waals surface area contributed by atoms with Crippen molar-refractivity contribution in [3.63, 3.8) is 0 Å². The van der Waals surface area contributed by atoms with Crippen LogP contribution < -0.4 is 10.2 Å². The zero-order chi connectivity index (χ0) is 18.8. The number of piperidine rings is 1. The minimum Gasteiger partial charge on any atom is -0.349 e. The lowest BCUT2D eigenvalue weighted by Crippen LogP contribution is -2.44. The molecule has 2 heterocycles. The normalized spacial score (nSPS) is 18.4. The van der Waals surface area contributed by atoms with E-state index in [9.17, 15) is 4.79 Å². The van der Waals surface area contributed by atoms with Gasteiger partial charge in [-0.25, -0.2) is 4.98 Å². The third-order valence-electron chi connectivity index (χ3n) is 5.50. The standard InChI is InChI=1S/C22H26N4O/c1-16(17-9-4-3-5-10-17)23-21(27)18-11-8-14-26(15-18)22-24-19-12-6-7-13-20(19)25(22)2/h3-7,9-10,12-13,16,18H,8,11,14-15H2,1-2H3,(H,23,27)/t16-,18-/m0/s1. The number of fused-ring (bicyclic) bond motifs is 1. The summed E-state index contributed by atoms with van der Waals surface area (Å²) in [5.74, 6) is 1.07. The number of nitrogens with one attached hydrogen (secondary N) is 1. The lowest BCUT2D eigenvalue weighted by atomic mass is 9.96. The molecule has 4 rings (SSSR count). The molecule has 1 N–H and O–H groups in total. The van der Waals surface area contributed by atoms with Crippen LogP contribution >= 0.6 is 0 Å². The SMILES string of the molecule is C[C@H](NC(=O)[C@H]1CCCN(c2nc3ccccc3n2C)C1)c1ccccc1. The third-order valence-corrected chi connectivity index (χ3v) is 5.50. The zero-order valence-corrected chi connectivity index (χ0v) is 15.9. The smallest absolute Gasteiger partial charge is 0.225 e. The highest BCUT2D eigenvalue weighted by molar-refractivity contribution is 5.81. The topological polar surface area (TPSA) is 50.2 Å². The summed E-state index contributed by atoms with van der Waals surface area (Å²) in [6.07, 6.45) is 1.93. The molecule has 5 heteroatoms.